The number of hydrogen-bond donors (Lipinski definition) is 1. The van der Waals surface area contributed by atoms with Gasteiger partial charge in [0.2, 0.25) is 0 Å². The molecule has 0 saturated carbocycles. The van der Waals surface area contributed by atoms with Crippen molar-refractivity contribution < 1.29 is 9.18 Å². The van der Waals surface area contributed by atoms with Gasteiger partial charge in [-0.1, -0.05) is 32.9 Å². The Labute approximate surface area is 158 Å². The van der Waals surface area contributed by atoms with Gasteiger partial charge in [-0.3, -0.25) is 9.48 Å². The molecule has 1 N–H and O–H groups in total. The highest BCUT2D eigenvalue weighted by Crippen LogP contribution is 2.33. The summed E-state index contributed by atoms with van der Waals surface area (Å²) in [4.78, 5) is 17.7. The summed E-state index contributed by atoms with van der Waals surface area (Å²) in [6.45, 7) is 9.87. The third-order valence-corrected chi connectivity index (χ3v) is 4.69. The monoisotopic (exact) mass is 368 g/mol. The molecule has 6 heteroatoms. The molecule has 5 nitrogen and oxygen atoms in total. The maximum atomic E-state index is 13.3. The molecule has 0 aliphatic carbocycles. The number of halogens is 1. The van der Waals surface area contributed by atoms with E-state index >= 15 is 0 Å². The quantitative estimate of drug-likeness (QED) is 0.752. The summed E-state index contributed by atoms with van der Waals surface area (Å²) in [5.74, 6) is -0.485. The molecule has 1 amide bonds. The Hall–Kier alpha value is -2.76. The van der Waals surface area contributed by atoms with Crippen LogP contribution in [0.15, 0.2) is 30.3 Å². The summed E-state index contributed by atoms with van der Waals surface area (Å²) in [6.07, 6.45) is 0. The van der Waals surface area contributed by atoms with Crippen LogP contribution in [0.5, 0.6) is 0 Å². The molecule has 27 heavy (non-hydrogen) atoms. The van der Waals surface area contributed by atoms with Crippen molar-refractivity contribution in [3.63, 3.8) is 0 Å². The summed E-state index contributed by atoms with van der Waals surface area (Å²) < 4.78 is 15.0. The van der Waals surface area contributed by atoms with Crippen LogP contribution >= 0.6 is 0 Å². The van der Waals surface area contributed by atoms with Gasteiger partial charge in [0.05, 0.1) is 22.7 Å². The number of carbonyl (C=O) groups is 1. The molecule has 1 atom stereocenters. The van der Waals surface area contributed by atoms with Crippen LogP contribution in [-0.4, -0.2) is 20.7 Å². The molecule has 3 aromatic rings. The third kappa shape index (κ3) is 3.70. The molecule has 2 heterocycles. The average molecular weight is 368 g/mol. The summed E-state index contributed by atoms with van der Waals surface area (Å²) >= 11 is 0. The zero-order chi connectivity index (χ0) is 19.9. The van der Waals surface area contributed by atoms with Crippen molar-refractivity contribution in [1.29, 1.82) is 0 Å². The van der Waals surface area contributed by atoms with E-state index in [9.17, 15) is 9.18 Å². The fourth-order valence-electron chi connectivity index (χ4n) is 3.41. The molecule has 0 bridgehead atoms. The topological polar surface area (TPSA) is 59.8 Å². The Bertz CT molecular complexity index is 1000. The van der Waals surface area contributed by atoms with E-state index in [0.29, 0.717) is 11.2 Å². The third-order valence-electron chi connectivity index (χ3n) is 4.69. The first-order valence-corrected chi connectivity index (χ1v) is 8.95. The molecule has 0 spiro atoms. The minimum absolute atomic E-state index is 0.189. The number of nitrogens with one attached hydrogen (secondary N) is 1. The predicted octanol–water partition coefficient (Wildman–Crippen LogP) is 4.24. The summed E-state index contributed by atoms with van der Waals surface area (Å²) in [5.41, 5.74) is 3.37. The molecule has 2 aromatic heterocycles. The number of aromatic nitrogens is 3. The van der Waals surface area contributed by atoms with Crippen LogP contribution in [-0.2, 0) is 7.05 Å². The van der Waals surface area contributed by atoms with Gasteiger partial charge in [-0.15, -0.1) is 0 Å². The molecule has 0 radical (unpaired) electrons. The predicted molar refractivity (Wildman–Crippen MR) is 104 cm³/mol. The lowest BCUT2D eigenvalue weighted by Crippen LogP contribution is -2.36. The van der Waals surface area contributed by atoms with E-state index in [1.54, 1.807) is 22.9 Å². The molecular formula is C21H25FN4O. The fourth-order valence-corrected chi connectivity index (χ4v) is 3.41. The first-order valence-electron chi connectivity index (χ1n) is 8.95. The van der Waals surface area contributed by atoms with Gasteiger partial charge in [-0.05, 0) is 43.0 Å². The number of fused-ring (bicyclic) bond motifs is 1. The maximum absolute atomic E-state index is 13.3. The Morgan fingerprint density at radius 3 is 2.41 bits per heavy atom. The normalized spacial score (nSPS) is 13.0. The second kappa shape index (κ2) is 6.76. The second-order valence-electron chi connectivity index (χ2n) is 8.04. The lowest BCUT2D eigenvalue weighted by atomic mass is 9.82. The van der Waals surface area contributed by atoms with Crippen LogP contribution in [0.4, 0.5) is 4.39 Å². The first kappa shape index (κ1) is 19.0. The van der Waals surface area contributed by atoms with Crippen molar-refractivity contribution in [1.82, 2.24) is 20.1 Å². The smallest absolute Gasteiger partial charge is 0.252 e. The van der Waals surface area contributed by atoms with E-state index in [2.05, 4.69) is 15.4 Å². The SMILES string of the molecule is Cc1cc(C(=O)NC(c2ccc(F)cc2)C(C)(C)C)c2c(C)nn(C)c2n1. The molecule has 0 aliphatic rings. The van der Waals surface area contributed by atoms with Gasteiger partial charge in [0.15, 0.2) is 5.65 Å². The molecule has 142 valence electrons. The van der Waals surface area contributed by atoms with E-state index in [1.165, 1.54) is 12.1 Å². The van der Waals surface area contributed by atoms with E-state index in [1.807, 2.05) is 41.7 Å². The van der Waals surface area contributed by atoms with E-state index in [4.69, 9.17) is 0 Å². The van der Waals surface area contributed by atoms with Crippen LogP contribution in [0.2, 0.25) is 0 Å². The van der Waals surface area contributed by atoms with E-state index in [-0.39, 0.29) is 23.2 Å². The minimum Gasteiger partial charge on any atom is -0.345 e. The minimum atomic E-state index is -0.296. The number of benzene rings is 1. The zero-order valence-corrected chi connectivity index (χ0v) is 16.6. The van der Waals surface area contributed by atoms with Gasteiger partial charge >= 0.3 is 0 Å². The molecule has 0 saturated heterocycles. The summed E-state index contributed by atoms with van der Waals surface area (Å²) in [6, 6.07) is 7.78. The number of carbonyl (C=O) groups excluding carboxylic acids is 1. The van der Waals surface area contributed by atoms with E-state index in [0.717, 1.165) is 22.3 Å². The number of amides is 1. The van der Waals surface area contributed by atoms with Gasteiger partial charge in [-0.2, -0.15) is 5.10 Å². The molecule has 3 rings (SSSR count). The highest BCUT2D eigenvalue weighted by atomic mass is 19.1. The van der Waals surface area contributed by atoms with Crippen LogP contribution in [0, 0.1) is 25.1 Å². The van der Waals surface area contributed by atoms with Gasteiger partial charge in [0.1, 0.15) is 5.82 Å². The largest absolute Gasteiger partial charge is 0.345 e. The van der Waals surface area contributed by atoms with Gasteiger partial charge in [0.25, 0.3) is 5.91 Å². The first-order chi connectivity index (χ1) is 12.6. The molecule has 0 aliphatic heterocycles. The number of aryl methyl sites for hydroxylation is 3. The highest BCUT2D eigenvalue weighted by Gasteiger charge is 2.29. The van der Waals surface area contributed by atoms with Crippen molar-refractivity contribution in [3.05, 3.63) is 58.7 Å². The van der Waals surface area contributed by atoms with Crippen LogP contribution < -0.4 is 5.32 Å². The number of hydrogen-bond acceptors (Lipinski definition) is 3. The Balaban J connectivity index is 2.04. The lowest BCUT2D eigenvalue weighted by molar-refractivity contribution is 0.0903. The molecule has 1 aromatic carbocycles. The molecular weight excluding hydrogens is 343 g/mol. The molecule has 1 unspecified atom stereocenters. The lowest BCUT2D eigenvalue weighted by Gasteiger charge is -2.32. The van der Waals surface area contributed by atoms with Gasteiger partial charge in [0, 0.05) is 12.7 Å². The Morgan fingerprint density at radius 2 is 1.81 bits per heavy atom. The number of pyridine rings is 1. The Kier molecular flexibility index (Phi) is 4.76. The van der Waals surface area contributed by atoms with Crippen molar-refractivity contribution >= 4 is 16.9 Å². The number of rotatable bonds is 3. The van der Waals surface area contributed by atoms with Crippen molar-refractivity contribution in [2.75, 3.05) is 0 Å². The van der Waals surface area contributed by atoms with Crippen LogP contribution in [0.25, 0.3) is 11.0 Å². The molecule has 0 fully saturated rings. The summed E-state index contributed by atoms with van der Waals surface area (Å²) in [7, 11) is 1.82. The van der Waals surface area contributed by atoms with E-state index < -0.39 is 0 Å². The van der Waals surface area contributed by atoms with Crippen LogP contribution in [0.1, 0.15) is 54.1 Å². The fraction of sp³-hybridized carbons (Fsp3) is 0.381. The standard InChI is InChI=1S/C21H25FN4O/c1-12-11-16(17-13(2)25-26(6)19(17)23-12)20(27)24-18(21(3,4)5)14-7-9-15(22)10-8-14/h7-11,18H,1-6H3,(H,24,27). The van der Waals surface area contributed by atoms with Crippen LogP contribution in [0.3, 0.4) is 0 Å². The van der Waals surface area contributed by atoms with Gasteiger partial charge in [-0.25, -0.2) is 9.37 Å². The summed E-state index contributed by atoms with van der Waals surface area (Å²) in [5, 5.41) is 8.30. The van der Waals surface area contributed by atoms with Crippen molar-refractivity contribution in [3.8, 4) is 0 Å². The highest BCUT2D eigenvalue weighted by molar-refractivity contribution is 6.06. The van der Waals surface area contributed by atoms with Crippen molar-refractivity contribution in [2.45, 2.75) is 40.7 Å². The zero-order valence-electron chi connectivity index (χ0n) is 16.6. The van der Waals surface area contributed by atoms with Gasteiger partial charge < -0.3 is 5.32 Å². The second-order valence-corrected chi connectivity index (χ2v) is 8.04. The number of nitrogens with zero attached hydrogens (tertiary/aromatic N) is 3. The van der Waals surface area contributed by atoms with Crippen molar-refractivity contribution in [2.24, 2.45) is 12.5 Å². The average Bonchev–Trinajstić information content (AvgIpc) is 2.86. The maximum Gasteiger partial charge on any atom is 0.252 e. The Morgan fingerprint density at radius 1 is 1.19 bits per heavy atom.